The fourth-order valence-corrected chi connectivity index (χ4v) is 2.25. The number of amides is 1. The van der Waals surface area contributed by atoms with Crippen LogP contribution in [-0.4, -0.2) is 38.6 Å². The van der Waals surface area contributed by atoms with Crippen LogP contribution in [0.3, 0.4) is 0 Å². The van der Waals surface area contributed by atoms with E-state index in [2.05, 4.69) is 20.5 Å². The molecular formula is C11H10N4O3S. The molecule has 1 amide bonds. The predicted molar refractivity (Wildman–Crippen MR) is 71.0 cm³/mol. The Morgan fingerprint density at radius 2 is 2.42 bits per heavy atom. The van der Waals surface area contributed by atoms with Gasteiger partial charge in [-0.3, -0.25) is 14.6 Å². The van der Waals surface area contributed by atoms with Crippen LogP contribution in [0.4, 0.5) is 0 Å². The highest BCUT2D eigenvalue weighted by atomic mass is 32.2. The van der Waals surface area contributed by atoms with Crippen LogP contribution in [0.1, 0.15) is 12.1 Å². The third kappa shape index (κ3) is 3.88. The first-order valence-electron chi connectivity index (χ1n) is 5.36. The molecule has 1 aliphatic rings. The van der Waals surface area contributed by atoms with E-state index >= 15 is 0 Å². The summed E-state index contributed by atoms with van der Waals surface area (Å²) in [5.41, 5.74) is 0.642. The molecule has 7 nitrogen and oxygen atoms in total. The quantitative estimate of drug-likeness (QED) is 0.615. The van der Waals surface area contributed by atoms with E-state index in [1.54, 1.807) is 18.3 Å². The van der Waals surface area contributed by atoms with Crippen molar-refractivity contribution in [1.29, 1.82) is 0 Å². The number of aromatic nitrogens is 1. The zero-order valence-corrected chi connectivity index (χ0v) is 10.5. The van der Waals surface area contributed by atoms with Crippen LogP contribution >= 0.6 is 11.8 Å². The van der Waals surface area contributed by atoms with Gasteiger partial charge in [0, 0.05) is 6.20 Å². The van der Waals surface area contributed by atoms with Crippen LogP contribution < -0.4 is 5.32 Å². The minimum absolute atomic E-state index is 0.237. The number of amidine groups is 1. The van der Waals surface area contributed by atoms with Crippen LogP contribution in [0.15, 0.2) is 34.6 Å². The van der Waals surface area contributed by atoms with Crippen molar-refractivity contribution in [3.63, 3.8) is 0 Å². The van der Waals surface area contributed by atoms with E-state index < -0.39 is 11.2 Å². The first-order valence-corrected chi connectivity index (χ1v) is 6.24. The summed E-state index contributed by atoms with van der Waals surface area (Å²) >= 11 is 1.06. The summed E-state index contributed by atoms with van der Waals surface area (Å²) in [4.78, 5) is 26.0. The van der Waals surface area contributed by atoms with E-state index in [0.717, 1.165) is 11.8 Å². The van der Waals surface area contributed by atoms with Gasteiger partial charge in [0.05, 0.1) is 18.3 Å². The highest BCUT2D eigenvalue weighted by Crippen LogP contribution is 2.22. The normalized spacial score (nSPS) is 20.9. The summed E-state index contributed by atoms with van der Waals surface area (Å²) in [7, 11) is 0. The summed E-state index contributed by atoms with van der Waals surface area (Å²) in [6.07, 6.45) is 2.84. The van der Waals surface area contributed by atoms with E-state index in [4.69, 9.17) is 5.11 Å². The Morgan fingerprint density at radius 1 is 1.58 bits per heavy atom. The lowest BCUT2D eigenvalue weighted by Crippen LogP contribution is -2.26. The predicted octanol–water partition coefficient (Wildman–Crippen LogP) is 0.478. The number of nitrogens with zero attached hydrogens (tertiary/aromatic N) is 3. The lowest BCUT2D eigenvalue weighted by Gasteiger charge is -1.97. The Bertz CT molecular complexity index is 544. The van der Waals surface area contributed by atoms with Crippen molar-refractivity contribution in [1.82, 2.24) is 10.3 Å². The number of carboxylic acids is 1. The molecule has 0 aromatic carbocycles. The van der Waals surface area contributed by atoms with Crippen molar-refractivity contribution in [3.8, 4) is 0 Å². The van der Waals surface area contributed by atoms with Crippen LogP contribution in [-0.2, 0) is 9.59 Å². The molecule has 1 atom stereocenters. The minimum Gasteiger partial charge on any atom is -0.481 e. The largest absolute Gasteiger partial charge is 0.481 e. The molecule has 0 saturated carbocycles. The Balaban J connectivity index is 1.96. The van der Waals surface area contributed by atoms with Crippen LogP contribution in [0, 0.1) is 0 Å². The molecule has 1 aliphatic heterocycles. The smallest absolute Gasteiger partial charge is 0.305 e. The van der Waals surface area contributed by atoms with Gasteiger partial charge in [-0.05, 0) is 12.1 Å². The van der Waals surface area contributed by atoms with Gasteiger partial charge in [-0.1, -0.05) is 17.8 Å². The molecule has 1 aromatic heterocycles. The number of hydrogen-bond acceptors (Lipinski definition) is 6. The summed E-state index contributed by atoms with van der Waals surface area (Å²) in [6, 6.07) is 5.36. The van der Waals surface area contributed by atoms with Gasteiger partial charge in [0.25, 0.3) is 0 Å². The molecule has 0 bridgehead atoms. The Morgan fingerprint density at radius 3 is 3.11 bits per heavy atom. The second-order valence-electron chi connectivity index (χ2n) is 3.60. The summed E-state index contributed by atoms with van der Waals surface area (Å²) in [5.74, 6) is -1.38. The molecule has 8 heteroatoms. The van der Waals surface area contributed by atoms with Crippen molar-refractivity contribution < 1.29 is 14.7 Å². The number of carbonyl (C=O) groups excluding carboxylic acids is 1. The fourth-order valence-electron chi connectivity index (χ4n) is 1.34. The molecule has 2 heterocycles. The van der Waals surface area contributed by atoms with Crippen molar-refractivity contribution in [2.75, 3.05) is 0 Å². The zero-order valence-electron chi connectivity index (χ0n) is 9.68. The monoisotopic (exact) mass is 278 g/mol. The first kappa shape index (κ1) is 13.2. The van der Waals surface area contributed by atoms with E-state index in [0.29, 0.717) is 10.9 Å². The molecule has 0 unspecified atom stereocenters. The maximum absolute atomic E-state index is 11.4. The second-order valence-corrected chi connectivity index (χ2v) is 4.79. The Kier molecular flexibility index (Phi) is 4.24. The number of rotatable bonds is 4. The van der Waals surface area contributed by atoms with Gasteiger partial charge in [-0.25, -0.2) is 0 Å². The van der Waals surface area contributed by atoms with E-state index in [1.165, 1.54) is 6.21 Å². The van der Waals surface area contributed by atoms with Crippen molar-refractivity contribution >= 4 is 35.0 Å². The first-order chi connectivity index (χ1) is 9.15. The molecule has 0 spiro atoms. The fraction of sp³-hybridized carbons (Fsp3) is 0.182. The van der Waals surface area contributed by atoms with E-state index in [9.17, 15) is 9.59 Å². The molecule has 2 rings (SSSR count). The number of carbonyl (C=O) groups is 2. The maximum atomic E-state index is 11.4. The average Bonchev–Trinajstić information content (AvgIpc) is 2.70. The Labute approximate surface area is 112 Å². The number of nitrogens with one attached hydrogen (secondary N) is 1. The van der Waals surface area contributed by atoms with Crippen molar-refractivity contribution in [2.45, 2.75) is 11.7 Å². The van der Waals surface area contributed by atoms with Gasteiger partial charge >= 0.3 is 5.97 Å². The molecule has 0 aliphatic carbocycles. The molecule has 2 N–H and O–H groups in total. The standard InChI is InChI=1S/C11H10N4O3S/c16-9(17)5-8-10(18)14-11(19-8)15-13-6-7-3-1-2-4-12-7/h1-4,6,8H,5H2,(H,16,17)(H,14,15,18)/b13-6-/t8-/m1/s1. The van der Waals surface area contributed by atoms with Crippen LogP contribution in [0.25, 0.3) is 0 Å². The lowest BCUT2D eigenvalue weighted by atomic mass is 10.3. The third-order valence-electron chi connectivity index (χ3n) is 2.16. The average molecular weight is 278 g/mol. The molecular weight excluding hydrogens is 268 g/mol. The maximum Gasteiger partial charge on any atom is 0.305 e. The van der Waals surface area contributed by atoms with Crippen molar-refractivity contribution in [2.24, 2.45) is 10.2 Å². The molecule has 1 fully saturated rings. The number of thioether (sulfide) groups is 1. The van der Waals surface area contributed by atoms with Gasteiger partial charge < -0.3 is 10.4 Å². The van der Waals surface area contributed by atoms with Crippen molar-refractivity contribution in [3.05, 3.63) is 30.1 Å². The summed E-state index contributed by atoms with van der Waals surface area (Å²) < 4.78 is 0. The van der Waals surface area contributed by atoms with E-state index in [-0.39, 0.29) is 12.3 Å². The zero-order chi connectivity index (χ0) is 13.7. The second kappa shape index (κ2) is 6.10. The third-order valence-corrected chi connectivity index (χ3v) is 3.24. The number of pyridine rings is 1. The highest BCUT2D eigenvalue weighted by molar-refractivity contribution is 8.15. The molecule has 1 aromatic rings. The number of hydrogen-bond donors (Lipinski definition) is 2. The molecule has 19 heavy (non-hydrogen) atoms. The van der Waals surface area contributed by atoms with Crippen LogP contribution in [0.5, 0.6) is 0 Å². The summed E-state index contributed by atoms with van der Waals surface area (Å²) in [6.45, 7) is 0. The van der Waals surface area contributed by atoms with Gasteiger partial charge in [0.2, 0.25) is 5.91 Å². The van der Waals surface area contributed by atoms with Gasteiger partial charge in [-0.15, -0.1) is 5.10 Å². The number of aliphatic carboxylic acids is 1. The SMILES string of the molecule is O=C(O)C[C@H]1S/C(=N\N=C/c2ccccn2)NC1=O. The van der Waals surface area contributed by atoms with E-state index in [1.807, 2.05) is 6.07 Å². The Hall–Kier alpha value is -2.22. The van der Waals surface area contributed by atoms with Gasteiger partial charge in [0.15, 0.2) is 5.17 Å². The lowest BCUT2D eigenvalue weighted by molar-refractivity contribution is -0.138. The summed E-state index contributed by atoms with van der Waals surface area (Å²) in [5, 5.41) is 18.3. The molecule has 0 radical (unpaired) electrons. The van der Waals surface area contributed by atoms with Crippen LogP contribution in [0.2, 0.25) is 0 Å². The van der Waals surface area contributed by atoms with Gasteiger partial charge in [0.1, 0.15) is 5.25 Å². The topological polar surface area (TPSA) is 104 Å². The number of carboxylic acid groups (broad SMARTS) is 1. The molecule has 98 valence electrons. The molecule has 1 saturated heterocycles. The highest BCUT2D eigenvalue weighted by Gasteiger charge is 2.32. The van der Waals surface area contributed by atoms with Gasteiger partial charge in [-0.2, -0.15) is 5.10 Å². The minimum atomic E-state index is -1.02.